The molecule has 6 heteroatoms. The Labute approximate surface area is 149 Å². The lowest BCUT2D eigenvalue weighted by molar-refractivity contribution is -0.143. The number of benzene rings is 1. The molecule has 1 aromatic heterocycles. The number of aryl methyl sites for hydroxylation is 1. The summed E-state index contributed by atoms with van der Waals surface area (Å²) in [6.45, 7) is 8.07. The predicted molar refractivity (Wildman–Crippen MR) is 96.4 cm³/mol. The van der Waals surface area contributed by atoms with Gasteiger partial charge in [-0.05, 0) is 53.7 Å². The van der Waals surface area contributed by atoms with Gasteiger partial charge in [0.25, 0.3) is 0 Å². The van der Waals surface area contributed by atoms with Crippen molar-refractivity contribution in [1.29, 1.82) is 0 Å². The van der Waals surface area contributed by atoms with Crippen LogP contribution < -0.4 is 0 Å². The average Bonchev–Trinajstić information content (AvgIpc) is 2.91. The quantitative estimate of drug-likeness (QED) is 0.732. The van der Waals surface area contributed by atoms with Gasteiger partial charge < -0.3 is 14.5 Å². The van der Waals surface area contributed by atoms with Crippen molar-refractivity contribution in [2.45, 2.75) is 40.0 Å². The number of fused-ring (bicyclic) bond motifs is 1. The summed E-state index contributed by atoms with van der Waals surface area (Å²) >= 11 is 3.57. The first-order valence-corrected chi connectivity index (χ1v) is 8.83. The van der Waals surface area contributed by atoms with E-state index in [0.29, 0.717) is 18.9 Å². The van der Waals surface area contributed by atoms with Gasteiger partial charge in [0.15, 0.2) is 0 Å². The van der Waals surface area contributed by atoms with Crippen molar-refractivity contribution in [2.75, 3.05) is 13.2 Å². The number of esters is 2. The van der Waals surface area contributed by atoms with E-state index in [1.807, 2.05) is 26.0 Å². The summed E-state index contributed by atoms with van der Waals surface area (Å²) in [6.07, 6.45) is 0.207. The predicted octanol–water partition coefficient (Wildman–Crippen LogP) is 4.47. The Morgan fingerprint density at radius 2 is 1.88 bits per heavy atom. The van der Waals surface area contributed by atoms with E-state index in [4.69, 9.17) is 9.47 Å². The van der Waals surface area contributed by atoms with Crippen molar-refractivity contribution in [3.63, 3.8) is 0 Å². The molecule has 1 heterocycles. The van der Waals surface area contributed by atoms with E-state index in [0.717, 1.165) is 26.5 Å². The maximum atomic E-state index is 12.4. The van der Waals surface area contributed by atoms with Crippen LogP contribution in [0.4, 0.5) is 0 Å². The number of hydrogen-bond acceptors (Lipinski definition) is 4. The SMILES string of the molecule is CCOC(=O)C[C@@H](C)c1c(C(=O)OCC)[nH]c2c(Br)c(C)ccc12. The minimum atomic E-state index is -0.413. The molecule has 0 saturated carbocycles. The van der Waals surface area contributed by atoms with Gasteiger partial charge in [-0.15, -0.1) is 0 Å². The lowest BCUT2D eigenvalue weighted by Gasteiger charge is -2.12. The molecule has 0 aliphatic heterocycles. The normalized spacial score (nSPS) is 12.2. The molecular formula is C18H22BrNO4. The van der Waals surface area contributed by atoms with E-state index in [2.05, 4.69) is 20.9 Å². The monoisotopic (exact) mass is 395 g/mol. The fourth-order valence-electron chi connectivity index (χ4n) is 2.80. The average molecular weight is 396 g/mol. The molecule has 0 radical (unpaired) electrons. The van der Waals surface area contributed by atoms with Gasteiger partial charge in [0.2, 0.25) is 0 Å². The van der Waals surface area contributed by atoms with Crippen molar-refractivity contribution in [3.8, 4) is 0 Å². The Morgan fingerprint density at radius 3 is 2.50 bits per heavy atom. The minimum Gasteiger partial charge on any atom is -0.466 e. The van der Waals surface area contributed by atoms with Gasteiger partial charge in [-0.2, -0.15) is 0 Å². The minimum absolute atomic E-state index is 0.174. The molecule has 0 unspecified atom stereocenters. The molecule has 1 atom stereocenters. The first kappa shape index (κ1) is 18.5. The lowest BCUT2D eigenvalue weighted by Crippen LogP contribution is -2.13. The fourth-order valence-corrected chi connectivity index (χ4v) is 3.25. The van der Waals surface area contributed by atoms with Crippen LogP contribution in [-0.4, -0.2) is 30.1 Å². The van der Waals surface area contributed by atoms with E-state index >= 15 is 0 Å². The topological polar surface area (TPSA) is 68.4 Å². The molecule has 2 rings (SSSR count). The number of H-pyrrole nitrogens is 1. The van der Waals surface area contributed by atoms with E-state index < -0.39 is 5.97 Å². The number of carbonyl (C=O) groups excluding carboxylic acids is 2. The van der Waals surface area contributed by atoms with Crippen LogP contribution in [-0.2, 0) is 14.3 Å². The number of halogens is 1. The van der Waals surface area contributed by atoms with E-state index in [1.165, 1.54) is 0 Å². The van der Waals surface area contributed by atoms with Crippen LogP contribution in [0.1, 0.15) is 54.7 Å². The van der Waals surface area contributed by atoms with Crippen molar-refractivity contribution in [3.05, 3.63) is 33.4 Å². The van der Waals surface area contributed by atoms with Crippen molar-refractivity contribution in [1.82, 2.24) is 4.98 Å². The van der Waals surface area contributed by atoms with Crippen LogP contribution in [0.3, 0.4) is 0 Å². The summed E-state index contributed by atoms with van der Waals surface area (Å²) in [7, 11) is 0. The lowest BCUT2D eigenvalue weighted by atomic mass is 9.94. The second kappa shape index (κ2) is 7.83. The molecule has 5 nitrogen and oxygen atoms in total. The maximum absolute atomic E-state index is 12.4. The first-order valence-electron chi connectivity index (χ1n) is 8.04. The van der Waals surface area contributed by atoms with Crippen LogP contribution in [0.2, 0.25) is 0 Å². The number of rotatable bonds is 6. The highest BCUT2D eigenvalue weighted by Crippen LogP contribution is 2.36. The van der Waals surface area contributed by atoms with Crippen molar-refractivity contribution < 1.29 is 19.1 Å². The Hall–Kier alpha value is -1.82. The zero-order valence-electron chi connectivity index (χ0n) is 14.4. The summed E-state index contributed by atoms with van der Waals surface area (Å²) in [6, 6.07) is 3.95. The summed E-state index contributed by atoms with van der Waals surface area (Å²) in [5.41, 5.74) is 3.08. The molecule has 130 valence electrons. The number of ether oxygens (including phenoxy) is 2. The Morgan fingerprint density at radius 1 is 1.21 bits per heavy atom. The van der Waals surface area contributed by atoms with Crippen molar-refractivity contribution >= 4 is 38.8 Å². The zero-order chi connectivity index (χ0) is 17.9. The van der Waals surface area contributed by atoms with Gasteiger partial charge in [-0.3, -0.25) is 4.79 Å². The Kier molecular flexibility index (Phi) is 6.04. The number of aromatic nitrogens is 1. The molecule has 1 N–H and O–H groups in total. The second-order valence-corrected chi connectivity index (χ2v) is 6.46. The van der Waals surface area contributed by atoms with Gasteiger partial charge in [0.05, 0.1) is 25.2 Å². The highest BCUT2D eigenvalue weighted by molar-refractivity contribution is 9.10. The maximum Gasteiger partial charge on any atom is 0.355 e. The fraction of sp³-hybridized carbons (Fsp3) is 0.444. The largest absolute Gasteiger partial charge is 0.466 e. The third kappa shape index (κ3) is 3.64. The third-order valence-corrected chi connectivity index (χ3v) is 4.92. The summed E-state index contributed by atoms with van der Waals surface area (Å²) in [5.74, 6) is -0.865. The summed E-state index contributed by atoms with van der Waals surface area (Å²) in [4.78, 5) is 27.4. The molecule has 0 aliphatic carbocycles. The Bertz CT molecular complexity index is 766. The van der Waals surface area contributed by atoms with Crippen LogP contribution in [0, 0.1) is 6.92 Å². The van der Waals surface area contributed by atoms with Gasteiger partial charge in [0, 0.05) is 9.86 Å². The van der Waals surface area contributed by atoms with Gasteiger partial charge in [-0.1, -0.05) is 19.1 Å². The molecule has 0 saturated heterocycles. The highest BCUT2D eigenvalue weighted by atomic mass is 79.9. The summed E-state index contributed by atoms with van der Waals surface area (Å²) < 4.78 is 11.1. The van der Waals surface area contributed by atoms with Crippen LogP contribution in [0.25, 0.3) is 10.9 Å². The second-order valence-electron chi connectivity index (χ2n) is 5.66. The zero-order valence-corrected chi connectivity index (χ0v) is 16.0. The molecule has 0 amide bonds. The van der Waals surface area contributed by atoms with Gasteiger partial charge >= 0.3 is 11.9 Å². The molecule has 0 aliphatic rings. The van der Waals surface area contributed by atoms with Gasteiger partial charge in [-0.25, -0.2) is 4.79 Å². The molecule has 0 bridgehead atoms. The Balaban J connectivity index is 2.55. The standard InChI is InChI=1S/C18H22BrNO4/c1-5-23-13(21)9-11(4)14-12-8-7-10(3)15(19)16(12)20-17(14)18(22)24-6-2/h7-8,11,20H,5-6,9H2,1-4H3/t11-/m1/s1. The molecule has 0 spiro atoms. The molecule has 24 heavy (non-hydrogen) atoms. The van der Waals surface area contributed by atoms with Crippen LogP contribution in [0.5, 0.6) is 0 Å². The van der Waals surface area contributed by atoms with Crippen molar-refractivity contribution in [2.24, 2.45) is 0 Å². The van der Waals surface area contributed by atoms with E-state index in [9.17, 15) is 9.59 Å². The van der Waals surface area contributed by atoms with E-state index in [1.54, 1.807) is 13.8 Å². The van der Waals surface area contributed by atoms with Gasteiger partial charge in [0.1, 0.15) is 5.69 Å². The van der Waals surface area contributed by atoms with Crippen LogP contribution >= 0.6 is 15.9 Å². The molecule has 2 aromatic rings. The molecule has 1 aromatic carbocycles. The number of hydrogen-bond donors (Lipinski definition) is 1. The third-order valence-electron chi connectivity index (χ3n) is 3.90. The first-order chi connectivity index (χ1) is 11.4. The number of carbonyl (C=O) groups is 2. The van der Waals surface area contributed by atoms with Crippen LogP contribution in [0.15, 0.2) is 16.6 Å². The highest BCUT2D eigenvalue weighted by Gasteiger charge is 2.26. The number of nitrogens with one attached hydrogen (secondary N) is 1. The summed E-state index contributed by atoms with van der Waals surface area (Å²) in [5, 5.41) is 0.910. The smallest absolute Gasteiger partial charge is 0.355 e. The molecular weight excluding hydrogens is 374 g/mol. The molecule has 0 fully saturated rings. The number of aromatic amines is 1. The van der Waals surface area contributed by atoms with E-state index in [-0.39, 0.29) is 18.3 Å².